The van der Waals surface area contributed by atoms with Crippen molar-refractivity contribution in [2.24, 2.45) is 5.41 Å². The summed E-state index contributed by atoms with van der Waals surface area (Å²) in [5.41, 5.74) is 3.87. The van der Waals surface area contributed by atoms with Gasteiger partial charge in [-0.3, -0.25) is 14.4 Å². The summed E-state index contributed by atoms with van der Waals surface area (Å²) in [6, 6.07) is 10.0. The zero-order valence-corrected chi connectivity index (χ0v) is 22.4. The molecule has 12 heteroatoms. The third-order valence-electron chi connectivity index (χ3n) is 7.99. The number of sulfonamides is 1. The molecule has 2 aromatic rings. The lowest BCUT2D eigenvalue weighted by Crippen LogP contribution is -2.38. The summed E-state index contributed by atoms with van der Waals surface area (Å²) in [6.07, 6.45) is 0.563. The third-order valence-corrected chi connectivity index (χ3v) is 9.26. The Hall–Kier alpha value is -2.83. The van der Waals surface area contributed by atoms with Gasteiger partial charge in [0.2, 0.25) is 10.0 Å². The average molecular weight is 567 g/mol. The minimum atomic E-state index is -4.27. The van der Waals surface area contributed by atoms with Gasteiger partial charge in [-0.15, -0.1) is 0 Å². The van der Waals surface area contributed by atoms with Crippen LogP contribution >= 0.6 is 0 Å². The van der Waals surface area contributed by atoms with Gasteiger partial charge in [-0.05, 0) is 72.9 Å². The van der Waals surface area contributed by atoms with Gasteiger partial charge >= 0.3 is 6.18 Å². The van der Waals surface area contributed by atoms with Crippen LogP contribution in [0.25, 0.3) is 0 Å². The molecule has 0 bridgehead atoms. The highest BCUT2D eigenvalue weighted by atomic mass is 32.2. The minimum Gasteiger partial charge on any atom is -0.395 e. The van der Waals surface area contributed by atoms with E-state index in [-0.39, 0.29) is 19.0 Å². The molecule has 1 saturated heterocycles. The van der Waals surface area contributed by atoms with Crippen LogP contribution in [0, 0.1) is 5.41 Å². The number of hydrogen-bond donors (Lipinski definition) is 3. The molecule has 0 radical (unpaired) electrons. The Bertz CT molecular complexity index is 1340. The van der Waals surface area contributed by atoms with E-state index in [2.05, 4.69) is 14.9 Å². The van der Waals surface area contributed by atoms with E-state index in [1.165, 1.54) is 23.8 Å². The van der Waals surface area contributed by atoms with Crippen molar-refractivity contribution in [1.82, 2.24) is 4.90 Å². The molecular formula is C27H33F3N4O4S. The normalized spacial score (nSPS) is 19.0. The number of carbonyl (C=O) groups excluding carboxylic acids is 1. The predicted molar refractivity (Wildman–Crippen MR) is 143 cm³/mol. The molecule has 5 rings (SSSR count). The van der Waals surface area contributed by atoms with E-state index in [9.17, 15) is 26.4 Å². The quantitative estimate of drug-likeness (QED) is 0.447. The van der Waals surface area contributed by atoms with Crippen LogP contribution in [0.3, 0.4) is 0 Å². The van der Waals surface area contributed by atoms with Gasteiger partial charge in [-0.25, -0.2) is 8.42 Å². The number of aliphatic hydroxyl groups excluding tert-OH is 1. The highest BCUT2D eigenvalue weighted by molar-refractivity contribution is 7.92. The van der Waals surface area contributed by atoms with Crippen molar-refractivity contribution in [2.75, 3.05) is 53.5 Å². The average Bonchev–Trinajstić information content (AvgIpc) is 3.61. The number of piperidine rings is 1. The van der Waals surface area contributed by atoms with Gasteiger partial charge in [0.15, 0.2) is 0 Å². The molecule has 39 heavy (non-hydrogen) atoms. The van der Waals surface area contributed by atoms with Gasteiger partial charge in [0.25, 0.3) is 5.91 Å². The highest BCUT2D eigenvalue weighted by Gasteiger charge is 2.44. The maximum absolute atomic E-state index is 13.6. The summed E-state index contributed by atoms with van der Waals surface area (Å²) in [4.78, 5) is 17.0. The lowest BCUT2D eigenvalue weighted by Gasteiger charge is -2.35. The van der Waals surface area contributed by atoms with Crippen LogP contribution in [0.15, 0.2) is 36.4 Å². The van der Waals surface area contributed by atoms with E-state index < -0.39 is 35.1 Å². The van der Waals surface area contributed by atoms with Crippen molar-refractivity contribution < 1.29 is 31.5 Å². The van der Waals surface area contributed by atoms with E-state index in [1.807, 2.05) is 0 Å². The summed E-state index contributed by atoms with van der Waals surface area (Å²) in [7, 11) is -3.74. The summed E-state index contributed by atoms with van der Waals surface area (Å²) in [5, 5.41) is 12.0. The Morgan fingerprint density at radius 3 is 2.46 bits per heavy atom. The molecule has 3 N–H and O–H groups in total. The first-order valence-electron chi connectivity index (χ1n) is 13.2. The Labute approximate surface area is 226 Å². The number of rotatable bonds is 8. The van der Waals surface area contributed by atoms with Crippen molar-refractivity contribution in [2.45, 2.75) is 44.8 Å². The van der Waals surface area contributed by atoms with E-state index in [0.717, 1.165) is 37.1 Å². The van der Waals surface area contributed by atoms with E-state index in [0.29, 0.717) is 34.5 Å². The van der Waals surface area contributed by atoms with E-state index in [1.54, 1.807) is 30.3 Å². The first-order chi connectivity index (χ1) is 18.5. The lowest BCUT2D eigenvalue weighted by molar-refractivity contribution is -0.147. The molecular weight excluding hydrogens is 533 g/mol. The summed E-state index contributed by atoms with van der Waals surface area (Å²) in [5.74, 6) is -0.802. The number of amides is 1. The number of anilines is 3. The number of nitrogens with zero attached hydrogens (tertiary/aromatic N) is 2. The minimum absolute atomic E-state index is 0.155. The number of benzene rings is 2. The van der Waals surface area contributed by atoms with Crippen molar-refractivity contribution in [3.63, 3.8) is 0 Å². The molecule has 1 aliphatic carbocycles. The van der Waals surface area contributed by atoms with Gasteiger partial charge in [0.05, 0.1) is 35.8 Å². The van der Waals surface area contributed by atoms with Crippen molar-refractivity contribution in [1.29, 1.82) is 0 Å². The number of aliphatic hydroxyl groups is 1. The molecule has 0 unspecified atom stereocenters. The van der Waals surface area contributed by atoms with Gasteiger partial charge < -0.3 is 15.3 Å². The molecule has 1 spiro atoms. The molecule has 2 fully saturated rings. The molecule has 0 aromatic heterocycles. The van der Waals surface area contributed by atoms with Gasteiger partial charge in [0, 0.05) is 31.9 Å². The smallest absolute Gasteiger partial charge is 0.395 e. The number of carbonyl (C=O) groups is 1. The van der Waals surface area contributed by atoms with Gasteiger partial charge in [0.1, 0.15) is 0 Å². The van der Waals surface area contributed by atoms with Crippen LogP contribution in [0.1, 0.15) is 47.2 Å². The largest absolute Gasteiger partial charge is 0.401 e. The number of nitrogens with one attached hydrogen (secondary N) is 2. The molecule has 8 nitrogen and oxygen atoms in total. The van der Waals surface area contributed by atoms with Crippen LogP contribution in [0.2, 0.25) is 0 Å². The monoisotopic (exact) mass is 566 g/mol. The lowest BCUT2D eigenvalue weighted by atomic mass is 9.93. The molecule has 2 heterocycles. The zero-order valence-electron chi connectivity index (χ0n) is 21.6. The van der Waals surface area contributed by atoms with Gasteiger partial charge in [-0.1, -0.05) is 12.1 Å². The highest BCUT2D eigenvalue weighted by Crippen LogP contribution is 2.54. The predicted octanol–water partition coefficient (Wildman–Crippen LogP) is 3.97. The first-order valence-corrected chi connectivity index (χ1v) is 14.8. The van der Waals surface area contributed by atoms with Crippen LogP contribution in [0.4, 0.5) is 30.2 Å². The van der Waals surface area contributed by atoms with Crippen LogP contribution < -0.4 is 14.9 Å². The molecule has 2 aliphatic heterocycles. The first kappa shape index (κ1) is 27.7. The van der Waals surface area contributed by atoms with Crippen LogP contribution in [0.5, 0.6) is 0 Å². The Balaban J connectivity index is 1.39. The Morgan fingerprint density at radius 2 is 1.79 bits per heavy atom. The SMILES string of the molecule is O=C(Nc1cccc2c1CCN(CC(F)(F)F)C2)c1ccc(NS(=O)(=O)CCO)cc1N1CCC2(CC1)CC2. The molecule has 212 valence electrons. The summed E-state index contributed by atoms with van der Waals surface area (Å²) in [6.45, 7) is 0.417. The second kappa shape index (κ2) is 10.6. The fourth-order valence-electron chi connectivity index (χ4n) is 5.66. The second-order valence-corrected chi connectivity index (χ2v) is 12.7. The fraction of sp³-hybridized carbons (Fsp3) is 0.519. The topological polar surface area (TPSA) is 102 Å². The van der Waals surface area contributed by atoms with Crippen molar-refractivity contribution in [3.8, 4) is 0 Å². The van der Waals surface area contributed by atoms with Crippen LogP contribution in [-0.4, -0.2) is 69.0 Å². The number of fused-ring (bicyclic) bond motifs is 1. The summed E-state index contributed by atoms with van der Waals surface area (Å²) >= 11 is 0. The van der Waals surface area contributed by atoms with Gasteiger partial charge in [-0.2, -0.15) is 13.2 Å². The van der Waals surface area contributed by atoms with Crippen molar-refractivity contribution in [3.05, 3.63) is 53.1 Å². The van der Waals surface area contributed by atoms with E-state index in [4.69, 9.17) is 5.11 Å². The molecule has 1 saturated carbocycles. The Kier molecular flexibility index (Phi) is 7.55. The molecule has 2 aromatic carbocycles. The fourth-order valence-corrected chi connectivity index (χ4v) is 6.49. The number of halogens is 3. The Morgan fingerprint density at radius 1 is 1.05 bits per heavy atom. The standard InChI is InChI=1S/C27H33F3N4O4S/c28-27(29,30)18-33-11-6-21-19(17-33)2-1-3-23(21)31-25(36)22-5-4-20(32-39(37,38)15-14-35)16-24(22)34-12-9-26(7-8-26)10-13-34/h1-5,16,32,35H,6-15,17-18H2,(H,31,36). The number of alkyl halides is 3. The zero-order chi connectivity index (χ0) is 27.8. The number of hydrogen-bond acceptors (Lipinski definition) is 6. The maximum atomic E-state index is 13.6. The van der Waals surface area contributed by atoms with Crippen molar-refractivity contribution >= 4 is 33.0 Å². The molecule has 0 atom stereocenters. The summed E-state index contributed by atoms with van der Waals surface area (Å²) < 4.78 is 65.7. The molecule has 3 aliphatic rings. The molecule has 1 amide bonds. The third kappa shape index (κ3) is 6.67. The second-order valence-electron chi connectivity index (χ2n) is 10.8. The maximum Gasteiger partial charge on any atom is 0.401 e. The van der Waals surface area contributed by atoms with E-state index >= 15 is 0 Å². The van der Waals surface area contributed by atoms with Crippen LogP contribution in [-0.2, 0) is 23.0 Å².